The Hall–Kier alpha value is -0.0900. The molecule has 2 N–H and O–H groups in total. The van der Waals surface area contributed by atoms with Gasteiger partial charge in [-0.3, -0.25) is 0 Å². The molecule has 0 aliphatic carbocycles. The van der Waals surface area contributed by atoms with Crippen molar-refractivity contribution in [3.8, 4) is 0 Å². The highest BCUT2D eigenvalue weighted by Gasteiger charge is 2.32. The number of nitrogens with two attached hydrogens (primary N) is 1. The van der Waals surface area contributed by atoms with Crippen molar-refractivity contribution >= 4 is 9.84 Å². The van der Waals surface area contributed by atoms with E-state index in [1.807, 2.05) is 13.8 Å². The number of sulfone groups is 1. The van der Waals surface area contributed by atoms with Gasteiger partial charge in [-0.2, -0.15) is 0 Å². The summed E-state index contributed by atoms with van der Waals surface area (Å²) < 4.78 is 22.3. The molecule has 0 amide bonds. The van der Waals surface area contributed by atoms with E-state index in [-0.39, 0.29) is 12.0 Å². The van der Waals surface area contributed by atoms with Gasteiger partial charge in [0.15, 0.2) is 9.84 Å². The average Bonchev–Trinajstić information content (AvgIpc) is 2.28. The molecule has 1 aliphatic rings. The van der Waals surface area contributed by atoms with E-state index in [1.54, 1.807) is 0 Å². The predicted octanol–water partition coefficient (Wildman–Crippen LogP) is 0.404. The zero-order chi connectivity index (χ0) is 9.35. The molecule has 0 saturated carbocycles. The predicted molar refractivity (Wildman–Crippen MR) is 49.6 cm³/mol. The molecule has 1 saturated heterocycles. The van der Waals surface area contributed by atoms with E-state index < -0.39 is 9.84 Å². The molecule has 3 atom stereocenters. The second-order valence-corrected chi connectivity index (χ2v) is 6.11. The number of hydrogen-bond acceptors (Lipinski definition) is 3. The summed E-state index contributed by atoms with van der Waals surface area (Å²) in [5.74, 6) is 1.31. The molecular formula is C8H17NO2S. The molecule has 0 bridgehead atoms. The lowest BCUT2D eigenvalue weighted by Crippen LogP contribution is -2.30. The van der Waals surface area contributed by atoms with Crippen molar-refractivity contribution in [2.45, 2.75) is 26.3 Å². The lowest BCUT2D eigenvalue weighted by atomic mass is 9.88. The van der Waals surface area contributed by atoms with Gasteiger partial charge in [-0.1, -0.05) is 6.92 Å². The number of rotatable bonds is 2. The molecule has 3 nitrogen and oxygen atoms in total. The van der Waals surface area contributed by atoms with Crippen molar-refractivity contribution in [3.63, 3.8) is 0 Å². The van der Waals surface area contributed by atoms with Gasteiger partial charge in [-0.25, -0.2) is 8.42 Å². The fourth-order valence-electron chi connectivity index (χ4n) is 1.67. The third-order valence-electron chi connectivity index (χ3n) is 2.84. The van der Waals surface area contributed by atoms with Gasteiger partial charge < -0.3 is 5.73 Å². The molecule has 1 rings (SSSR count). The van der Waals surface area contributed by atoms with Crippen LogP contribution in [0.1, 0.15) is 20.3 Å². The molecule has 0 aromatic heterocycles. The van der Waals surface area contributed by atoms with Gasteiger partial charge in [0.05, 0.1) is 11.5 Å². The Morgan fingerprint density at radius 2 is 2.00 bits per heavy atom. The molecule has 4 heteroatoms. The molecule has 0 aromatic rings. The Kier molecular flexibility index (Phi) is 2.78. The van der Waals surface area contributed by atoms with Gasteiger partial charge >= 0.3 is 0 Å². The lowest BCUT2D eigenvalue weighted by Gasteiger charge is -2.21. The molecule has 3 unspecified atom stereocenters. The maximum Gasteiger partial charge on any atom is 0.150 e. The van der Waals surface area contributed by atoms with Crippen molar-refractivity contribution in [1.82, 2.24) is 0 Å². The molecular weight excluding hydrogens is 174 g/mol. The Morgan fingerprint density at radius 1 is 1.42 bits per heavy atom. The minimum Gasteiger partial charge on any atom is -0.328 e. The minimum absolute atomic E-state index is 0.100. The van der Waals surface area contributed by atoms with Gasteiger partial charge in [0.2, 0.25) is 0 Å². The van der Waals surface area contributed by atoms with Crippen molar-refractivity contribution < 1.29 is 8.42 Å². The van der Waals surface area contributed by atoms with Crippen molar-refractivity contribution in [3.05, 3.63) is 0 Å². The van der Waals surface area contributed by atoms with E-state index in [9.17, 15) is 8.42 Å². The standard InChI is InChI=1S/C8H17NO2S/c1-6(7(2)9)8-3-4-12(10,11)5-8/h6-8H,3-5,9H2,1-2H3. The van der Waals surface area contributed by atoms with Crippen LogP contribution in [0.3, 0.4) is 0 Å². The molecule has 1 heterocycles. The average molecular weight is 191 g/mol. The first-order chi connectivity index (χ1) is 5.42. The second-order valence-electron chi connectivity index (χ2n) is 3.88. The Labute approximate surface area is 74.3 Å². The first kappa shape index (κ1) is 9.99. The Morgan fingerprint density at radius 3 is 2.33 bits per heavy atom. The van der Waals surface area contributed by atoms with E-state index in [2.05, 4.69) is 0 Å². The normalized spacial score (nSPS) is 33.1. The first-order valence-electron chi connectivity index (χ1n) is 4.38. The van der Waals surface area contributed by atoms with Crippen LogP contribution in [0.15, 0.2) is 0 Å². The first-order valence-corrected chi connectivity index (χ1v) is 6.20. The van der Waals surface area contributed by atoms with E-state index in [0.29, 0.717) is 17.4 Å². The zero-order valence-electron chi connectivity index (χ0n) is 7.66. The van der Waals surface area contributed by atoms with Gasteiger partial charge in [0.1, 0.15) is 0 Å². The molecule has 1 aliphatic heterocycles. The Bertz CT molecular complexity index is 246. The summed E-state index contributed by atoms with van der Waals surface area (Å²) in [7, 11) is -2.73. The summed E-state index contributed by atoms with van der Waals surface area (Å²) in [6.45, 7) is 3.98. The van der Waals surface area contributed by atoms with Gasteiger partial charge in [-0.05, 0) is 25.2 Å². The van der Waals surface area contributed by atoms with Crippen LogP contribution >= 0.6 is 0 Å². The summed E-state index contributed by atoms with van der Waals surface area (Å²) in [4.78, 5) is 0. The number of hydrogen-bond donors (Lipinski definition) is 1. The molecule has 12 heavy (non-hydrogen) atoms. The summed E-state index contributed by atoms with van der Waals surface area (Å²) in [5, 5.41) is 0. The van der Waals surface area contributed by atoms with E-state index in [4.69, 9.17) is 5.73 Å². The maximum atomic E-state index is 11.1. The Balaban J connectivity index is 2.58. The molecule has 1 fully saturated rings. The fourth-order valence-corrected chi connectivity index (χ4v) is 3.62. The molecule has 72 valence electrons. The second kappa shape index (κ2) is 3.34. The largest absolute Gasteiger partial charge is 0.328 e. The van der Waals surface area contributed by atoms with Crippen LogP contribution in [0.4, 0.5) is 0 Å². The van der Waals surface area contributed by atoms with Crippen molar-refractivity contribution in [2.75, 3.05) is 11.5 Å². The lowest BCUT2D eigenvalue weighted by molar-refractivity contribution is 0.344. The fraction of sp³-hybridized carbons (Fsp3) is 1.00. The van der Waals surface area contributed by atoms with Gasteiger partial charge in [0.25, 0.3) is 0 Å². The van der Waals surface area contributed by atoms with E-state index in [0.717, 1.165) is 6.42 Å². The quantitative estimate of drug-likeness (QED) is 0.687. The molecule has 0 radical (unpaired) electrons. The highest BCUT2D eigenvalue weighted by molar-refractivity contribution is 7.91. The molecule has 0 spiro atoms. The summed E-state index contributed by atoms with van der Waals surface area (Å²) in [6.07, 6.45) is 0.797. The third kappa shape index (κ3) is 2.20. The van der Waals surface area contributed by atoms with Crippen molar-refractivity contribution in [1.29, 1.82) is 0 Å². The van der Waals surface area contributed by atoms with Crippen LogP contribution < -0.4 is 5.73 Å². The third-order valence-corrected chi connectivity index (χ3v) is 4.63. The monoisotopic (exact) mass is 191 g/mol. The molecule has 0 aromatic carbocycles. The minimum atomic E-state index is -2.73. The van der Waals surface area contributed by atoms with Crippen LogP contribution in [-0.4, -0.2) is 26.0 Å². The zero-order valence-corrected chi connectivity index (χ0v) is 8.47. The van der Waals surface area contributed by atoms with E-state index in [1.165, 1.54) is 0 Å². The van der Waals surface area contributed by atoms with Crippen LogP contribution in [-0.2, 0) is 9.84 Å². The van der Waals surface area contributed by atoms with Crippen LogP contribution in [0.5, 0.6) is 0 Å². The summed E-state index contributed by atoms with van der Waals surface area (Å²) in [6, 6.07) is 0.100. The van der Waals surface area contributed by atoms with Gasteiger partial charge in [-0.15, -0.1) is 0 Å². The van der Waals surface area contributed by atoms with E-state index >= 15 is 0 Å². The highest BCUT2D eigenvalue weighted by Crippen LogP contribution is 2.26. The topological polar surface area (TPSA) is 60.2 Å². The summed E-state index contributed by atoms with van der Waals surface area (Å²) in [5.41, 5.74) is 5.71. The van der Waals surface area contributed by atoms with Crippen LogP contribution in [0.2, 0.25) is 0 Å². The van der Waals surface area contributed by atoms with Crippen LogP contribution in [0, 0.1) is 11.8 Å². The van der Waals surface area contributed by atoms with Crippen molar-refractivity contribution in [2.24, 2.45) is 17.6 Å². The maximum absolute atomic E-state index is 11.1. The highest BCUT2D eigenvalue weighted by atomic mass is 32.2. The smallest absolute Gasteiger partial charge is 0.150 e. The SMILES string of the molecule is CC(N)C(C)C1CCS(=O)(=O)C1. The van der Waals surface area contributed by atoms with Gasteiger partial charge in [0, 0.05) is 6.04 Å². The summed E-state index contributed by atoms with van der Waals surface area (Å²) >= 11 is 0. The van der Waals surface area contributed by atoms with Crippen LogP contribution in [0.25, 0.3) is 0 Å².